The molecule has 3 nitrogen and oxygen atoms in total. The zero-order valence-corrected chi connectivity index (χ0v) is 13.3. The van der Waals surface area contributed by atoms with Gasteiger partial charge in [0.05, 0.1) is 21.3 Å². The van der Waals surface area contributed by atoms with Crippen molar-refractivity contribution in [3.63, 3.8) is 0 Å². The number of thiazole rings is 1. The van der Waals surface area contributed by atoms with Crippen LogP contribution < -0.4 is 5.32 Å². The van der Waals surface area contributed by atoms with Crippen LogP contribution in [-0.4, -0.2) is 10.9 Å². The van der Waals surface area contributed by atoms with Gasteiger partial charge in [-0.1, -0.05) is 41.9 Å². The van der Waals surface area contributed by atoms with Crippen molar-refractivity contribution in [2.24, 2.45) is 0 Å². The van der Waals surface area contributed by atoms with Crippen molar-refractivity contribution in [2.75, 3.05) is 5.32 Å². The van der Waals surface area contributed by atoms with Gasteiger partial charge < -0.3 is 5.32 Å². The van der Waals surface area contributed by atoms with Crippen molar-refractivity contribution in [3.8, 4) is 10.6 Å². The number of rotatable bonds is 4. The lowest BCUT2D eigenvalue weighted by atomic mass is 10.1. The molecular formula is C15H11ClN2OS2. The average molecular weight is 335 g/mol. The van der Waals surface area contributed by atoms with E-state index in [4.69, 9.17) is 11.6 Å². The topological polar surface area (TPSA) is 42.0 Å². The lowest BCUT2D eigenvalue weighted by Crippen LogP contribution is -2.14. The van der Waals surface area contributed by atoms with Gasteiger partial charge in [-0.2, -0.15) is 0 Å². The number of halogens is 1. The van der Waals surface area contributed by atoms with E-state index in [1.165, 1.54) is 22.7 Å². The number of thiophene rings is 1. The Balaban J connectivity index is 1.66. The molecule has 1 aromatic carbocycles. The van der Waals surface area contributed by atoms with Gasteiger partial charge in [-0.25, -0.2) is 4.98 Å². The summed E-state index contributed by atoms with van der Waals surface area (Å²) in [5.74, 6) is -0.0636. The summed E-state index contributed by atoms with van der Waals surface area (Å²) in [5.41, 5.74) is 1.82. The zero-order chi connectivity index (χ0) is 14.7. The van der Waals surface area contributed by atoms with Crippen LogP contribution in [0.25, 0.3) is 10.6 Å². The average Bonchev–Trinajstić information content (AvgIpc) is 3.09. The van der Waals surface area contributed by atoms with Gasteiger partial charge in [-0.05, 0) is 17.7 Å². The Morgan fingerprint density at radius 1 is 1.19 bits per heavy atom. The molecule has 1 amide bonds. The molecule has 2 heterocycles. The van der Waals surface area contributed by atoms with Crippen molar-refractivity contribution >= 4 is 45.3 Å². The Morgan fingerprint density at radius 2 is 2.00 bits per heavy atom. The van der Waals surface area contributed by atoms with Crippen LogP contribution in [-0.2, 0) is 11.2 Å². The van der Waals surface area contributed by atoms with E-state index >= 15 is 0 Å². The minimum Gasteiger partial charge on any atom is -0.302 e. The second kappa shape index (κ2) is 6.39. The molecule has 106 valence electrons. The number of amides is 1. The Hall–Kier alpha value is -1.69. The quantitative estimate of drug-likeness (QED) is 0.751. The van der Waals surface area contributed by atoms with E-state index in [0.29, 0.717) is 11.6 Å². The highest BCUT2D eigenvalue weighted by Gasteiger charge is 2.10. The summed E-state index contributed by atoms with van der Waals surface area (Å²) in [6.45, 7) is 0. The van der Waals surface area contributed by atoms with E-state index in [9.17, 15) is 4.79 Å². The number of nitrogens with one attached hydrogen (secondary N) is 1. The first kappa shape index (κ1) is 14.3. The summed E-state index contributed by atoms with van der Waals surface area (Å²) in [6.07, 6.45) is 0.348. The highest BCUT2D eigenvalue weighted by Crippen LogP contribution is 2.32. The molecule has 0 aliphatic heterocycles. The number of benzene rings is 1. The van der Waals surface area contributed by atoms with Gasteiger partial charge in [-0.15, -0.1) is 22.7 Å². The van der Waals surface area contributed by atoms with E-state index < -0.39 is 0 Å². The molecule has 0 radical (unpaired) electrons. The van der Waals surface area contributed by atoms with Crippen molar-refractivity contribution in [1.29, 1.82) is 0 Å². The third-order valence-electron chi connectivity index (χ3n) is 2.78. The van der Waals surface area contributed by atoms with Crippen molar-refractivity contribution in [2.45, 2.75) is 6.42 Å². The predicted molar refractivity (Wildman–Crippen MR) is 89.2 cm³/mol. The third kappa shape index (κ3) is 3.69. The first-order valence-corrected chi connectivity index (χ1v) is 8.33. The fraction of sp³-hybridized carbons (Fsp3) is 0.0667. The van der Waals surface area contributed by atoms with Crippen LogP contribution in [0.1, 0.15) is 5.56 Å². The first-order chi connectivity index (χ1) is 10.2. The zero-order valence-electron chi connectivity index (χ0n) is 10.9. The summed E-state index contributed by atoms with van der Waals surface area (Å²) >= 11 is 8.80. The molecule has 21 heavy (non-hydrogen) atoms. The molecule has 0 saturated carbocycles. The van der Waals surface area contributed by atoms with Crippen LogP contribution in [0.15, 0.2) is 47.8 Å². The maximum absolute atomic E-state index is 12.0. The van der Waals surface area contributed by atoms with Gasteiger partial charge in [0.25, 0.3) is 0 Å². The standard InChI is InChI=1S/C15H11ClN2OS2/c16-13-7-6-12(21-13)11-9-20-15(17-11)18-14(19)8-10-4-2-1-3-5-10/h1-7,9H,8H2,(H,17,18,19). The largest absolute Gasteiger partial charge is 0.302 e. The van der Waals surface area contributed by atoms with Gasteiger partial charge in [0.15, 0.2) is 5.13 Å². The monoisotopic (exact) mass is 334 g/mol. The molecule has 0 aliphatic carbocycles. The normalized spacial score (nSPS) is 10.5. The predicted octanol–water partition coefficient (Wildman–Crippen LogP) is 4.71. The highest BCUT2D eigenvalue weighted by molar-refractivity contribution is 7.20. The maximum atomic E-state index is 12.0. The number of nitrogens with zero attached hydrogens (tertiary/aromatic N) is 1. The molecule has 0 unspecified atom stereocenters. The van der Waals surface area contributed by atoms with E-state index in [1.54, 1.807) is 0 Å². The van der Waals surface area contributed by atoms with Crippen LogP contribution >= 0.6 is 34.3 Å². The van der Waals surface area contributed by atoms with Crippen molar-refractivity contribution in [3.05, 3.63) is 57.7 Å². The lowest BCUT2D eigenvalue weighted by Gasteiger charge is -2.01. The number of hydrogen-bond acceptors (Lipinski definition) is 4. The molecule has 0 bridgehead atoms. The molecule has 0 atom stereocenters. The van der Waals surface area contributed by atoms with Crippen molar-refractivity contribution < 1.29 is 4.79 Å². The fourth-order valence-corrected chi connectivity index (χ4v) is 3.65. The first-order valence-electron chi connectivity index (χ1n) is 6.26. The second-order valence-corrected chi connectivity index (χ2v) is 6.93. The Kier molecular flexibility index (Phi) is 4.34. The molecule has 0 aliphatic rings. The van der Waals surface area contributed by atoms with Crippen LogP contribution in [0, 0.1) is 0 Å². The SMILES string of the molecule is O=C(Cc1ccccc1)Nc1nc(-c2ccc(Cl)s2)cs1. The Morgan fingerprint density at radius 3 is 2.71 bits per heavy atom. The number of aromatic nitrogens is 1. The number of carbonyl (C=O) groups excluding carboxylic acids is 1. The molecule has 2 aromatic heterocycles. The number of hydrogen-bond donors (Lipinski definition) is 1. The van der Waals surface area contributed by atoms with Gasteiger partial charge in [0, 0.05) is 5.38 Å². The second-order valence-electron chi connectivity index (χ2n) is 4.35. The molecule has 0 spiro atoms. The summed E-state index contributed by atoms with van der Waals surface area (Å²) < 4.78 is 0.729. The summed E-state index contributed by atoms with van der Waals surface area (Å²) in [6, 6.07) is 13.4. The maximum Gasteiger partial charge on any atom is 0.230 e. The minimum absolute atomic E-state index is 0.0636. The molecule has 6 heteroatoms. The minimum atomic E-state index is -0.0636. The van der Waals surface area contributed by atoms with Gasteiger partial charge in [0.2, 0.25) is 5.91 Å². The van der Waals surface area contributed by atoms with Crippen LogP contribution in [0.4, 0.5) is 5.13 Å². The highest BCUT2D eigenvalue weighted by atomic mass is 35.5. The van der Waals surface area contributed by atoms with E-state index in [1.807, 2.05) is 47.8 Å². The molecule has 3 rings (SSSR count). The van der Waals surface area contributed by atoms with Gasteiger partial charge in [0.1, 0.15) is 0 Å². The van der Waals surface area contributed by atoms with Crippen LogP contribution in [0.2, 0.25) is 4.34 Å². The van der Waals surface area contributed by atoms with Crippen molar-refractivity contribution in [1.82, 2.24) is 4.98 Å². The fourth-order valence-electron chi connectivity index (χ4n) is 1.84. The van der Waals surface area contributed by atoms with E-state index in [0.717, 1.165) is 20.5 Å². The molecular weight excluding hydrogens is 324 g/mol. The van der Waals surface area contributed by atoms with E-state index in [2.05, 4.69) is 10.3 Å². The summed E-state index contributed by atoms with van der Waals surface area (Å²) in [4.78, 5) is 17.4. The lowest BCUT2D eigenvalue weighted by molar-refractivity contribution is -0.115. The molecule has 3 aromatic rings. The molecule has 0 saturated heterocycles. The smallest absolute Gasteiger partial charge is 0.230 e. The van der Waals surface area contributed by atoms with Gasteiger partial charge >= 0.3 is 0 Å². The molecule has 1 N–H and O–H groups in total. The van der Waals surface area contributed by atoms with Crippen LogP contribution in [0.3, 0.4) is 0 Å². The van der Waals surface area contributed by atoms with E-state index in [-0.39, 0.29) is 5.91 Å². The summed E-state index contributed by atoms with van der Waals surface area (Å²) in [5, 5.41) is 5.35. The van der Waals surface area contributed by atoms with Crippen LogP contribution in [0.5, 0.6) is 0 Å². The Bertz CT molecular complexity index is 752. The van der Waals surface area contributed by atoms with Gasteiger partial charge in [-0.3, -0.25) is 4.79 Å². The third-order valence-corrected chi connectivity index (χ3v) is 4.80. The number of carbonyl (C=O) groups is 1. The molecule has 0 fully saturated rings. The number of anilines is 1. The summed E-state index contributed by atoms with van der Waals surface area (Å²) in [7, 11) is 0. The Labute approximate surface area is 135 Å².